The number of aryl methyl sites for hydroxylation is 3. The highest BCUT2D eigenvalue weighted by Crippen LogP contribution is 2.26. The van der Waals surface area contributed by atoms with Crippen LogP contribution >= 0.6 is 11.8 Å². The maximum absolute atomic E-state index is 12.5. The van der Waals surface area contributed by atoms with Gasteiger partial charge in [0.1, 0.15) is 0 Å². The lowest BCUT2D eigenvalue weighted by Gasteiger charge is -2.11. The van der Waals surface area contributed by atoms with Crippen molar-refractivity contribution in [2.45, 2.75) is 45.8 Å². The van der Waals surface area contributed by atoms with Gasteiger partial charge in [0.05, 0.1) is 33.9 Å². The summed E-state index contributed by atoms with van der Waals surface area (Å²) in [6, 6.07) is 8.14. The van der Waals surface area contributed by atoms with Crippen LogP contribution in [0.3, 0.4) is 0 Å². The molecular formula is C20H27N5OS. The van der Waals surface area contributed by atoms with E-state index in [0.29, 0.717) is 11.7 Å². The molecule has 1 N–H and O–H groups in total. The van der Waals surface area contributed by atoms with Crippen molar-refractivity contribution in [2.75, 3.05) is 11.1 Å². The van der Waals surface area contributed by atoms with Crippen LogP contribution in [0.4, 0.5) is 5.69 Å². The summed E-state index contributed by atoms with van der Waals surface area (Å²) in [4.78, 5) is 17.2. The van der Waals surface area contributed by atoms with E-state index in [2.05, 4.69) is 34.9 Å². The Labute approximate surface area is 164 Å². The minimum absolute atomic E-state index is 0.0401. The third-order valence-electron chi connectivity index (χ3n) is 4.66. The zero-order chi connectivity index (χ0) is 19.6. The van der Waals surface area contributed by atoms with Crippen molar-refractivity contribution >= 4 is 34.4 Å². The molecule has 0 bridgehead atoms. The first-order valence-electron chi connectivity index (χ1n) is 9.25. The van der Waals surface area contributed by atoms with Gasteiger partial charge >= 0.3 is 0 Å². The van der Waals surface area contributed by atoms with Crippen LogP contribution in [-0.2, 0) is 18.4 Å². The molecule has 3 rings (SSSR count). The average molecular weight is 386 g/mol. The van der Waals surface area contributed by atoms with Crippen LogP contribution in [0.5, 0.6) is 0 Å². The number of carbonyl (C=O) groups excluding carboxylic acids is 1. The Bertz CT molecular complexity index is 957. The quantitative estimate of drug-likeness (QED) is 0.620. The van der Waals surface area contributed by atoms with Crippen molar-refractivity contribution < 1.29 is 4.79 Å². The predicted octanol–water partition coefficient (Wildman–Crippen LogP) is 4.16. The number of hydrogen-bond donors (Lipinski definition) is 1. The number of carbonyl (C=O) groups is 1. The summed E-state index contributed by atoms with van der Waals surface area (Å²) in [7, 11) is 1.88. The molecule has 0 unspecified atom stereocenters. The Balaban J connectivity index is 1.74. The van der Waals surface area contributed by atoms with E-state index in [9.17, 15) is 4.79 Å². The van der Waals surface area contributed by atoms with Gasteiger partial charge in [-0.15, -0.1) is 0 Å². The summed E-state index contributed by atoms with van der Waals surface area (Å²) >= 11 is 1.48. The topological polar surface area (TPSA) is 64.7 Å². The minimum Gasteiger partial charge on any atom is -0.322 e. The number of amides is 1. The van der Waals surface area contributed by atoms with Gasteiger partial charge in [-0.05, 0) is 38.3 Å². The molecule has 2 heterocycles. The molecule has 0 saturated heterocycles. The fourth-order valence-corrected chi connectivity index (χ4v) is 3.87. The number of para-hydroxylation sites is 2. The van der Waals surface area contributed by atoms with Crippen molar-refractivity contribution in [1.29, 1.82) is 0 Å². The average Bonchev–Trinajstić information content (AvgIpc) is 3.10. The van der Waals surface area contributed by atoms with Crippen molar-refractivity contribution in [1.82, 2.24) is 19.3 Å². The number of anilines is 1. The smallest absolute Gasteiger partial charge is 0.234 e. The van der Waals surface area contributed by atoms with Gasteiger partial charge in [0.15, 0.2) is 5.16 Å². The van der Waals surface area contributed by atoms with Gasteiger partial charge in [-0.2, -0.15) is 5.10 Å². The van der Waals surface area contributed by atoms with Gasteiger partial charge in [-0.1, -0.05) is 37.7 Å². The summed E-state index contributed by atoms with van der Waals surface area (Å²) < 4.78 is 4.01. The van der Waals surface area contributed by atoms with E-state index in [-0.39, 0.29) is 5.91 Å². The second-order valence-electron chi connectivity index (χ2n) is 7.22. The minimum atomic E-state index is -0.0401. The maximum atomic E-state index is 12.5. The predicted molar refractivity (Wildman–Crippen MR) is 111 cm³/mol. The summed E-state index contributed by atoms with van der Waals surface area (Å²) in [5.41, 5.74) is 4.69. The number of rotatable bonds is 7. The molecule has 0 radical (unpaired) electrons. The number of nitrogens with one attached hydrogen (secondary N) is 1. The second kappa shape index (κ2) is 8.17. The van der Waals surface area contributed by atoms with Gasteiger partial charge in [0, 0.05) is 13.6 Å². The fraction of sp³-hybridized carbons (Fsp3) is 0.450. The number of thioether (sulfide) groups is 1. The van der Waals surface area contributed by atoms with E-state index in [1.807, 2.05) is 39.1 Å². The summed E-state index contributed by atoms with van der Waals surface area (Å²) in [6.45, 7) is 9.20. The molecule has 144 valence electrons. The van der Waals surface area contributed by atoms with Crippen molar-refractivity contribution in [3.8, 4) is 0 Å². The molecular weight excluding hydrogens is 358 g/mol. The van der Waals surface area contributed by atoms with Crippen LogP contribution in [0.1, 0.15) is 31.7 Å². The van der Waals surface area contributed by atoms with Crippen molar-refractivity contribution in [3.05, 3.63) is 35.7 Å². The van der Waals surface area contributed by atoms with Gasteiger partial charge < -0.3 is 9.88 Å². The Morgan fingerprint density at radius 2 is 2.00 bits per heavy atom. The SMILES string of the molecule is Cc1nn(C)c(C)c1NC(=O)CSc1nc2ccccc2n1CCC(C)C. The molecule has 2 aromatic heterocycles. The second-order valence-corrected chi connectivity index (χ2v) is 8.17. The molecule has 27 heavy (non-hydrogen) atoms. The Hall–Kier alpha value is -2.28. The zero-order valence-electron chi connectivity index (χ0n) is 16.6. The Kier molecular flexibility index (Phi) is 5.89. The highest BCUT2D eigenvalue weighted by molar-refractivity contribution is 7.99. The van der Waals surface area contributed by atoms with E-state index < -0.39 is 0 Å². The van der Waals surface area contributed by atoms with E-state index in [1.165, 1.54) is 11.8 Å². The number of aromatic nitrogens is 4. The van der Waals surface area contributed by atoms with E-state index >= 15 is 0 Å². The van der Waals surface area contributed by atoms with Crippen molar-refractivity contribution in [2.24, 2.45) is 13.0 Å². The molecule has 0 aliphatic rings. The first kappa shape index (κ1) is 19.5. The maximum Gasteiger partial charge on any atom is 0.234 e. The van der Waals surface area contributed by atoms with Crippen LogP contribution in [0.2, 0.25) is 0 Å². The van der Waals surface area contributed by atoms with Crippen molar-refractivity contribution in [3.63, 3.8) is 0 Å². The zero-order valence-corrected chi connectivity index (χ0v) is 17.4. The Morgan fingerprint density at radius 3 is 2.67 bits per heavy atom. The number of fused-ring (bicyclic) bond motifs is 1. The third kappa shape index (κ3) is 4.35. The van der Waals surface area contributed by atoms with Gasteiger partial charge in [0.2, 0.25) is 5.91 Å². The molecule has 7 heteroatoms. The summed E-state index contributed by atoms with van der Waals surface area (Å²) in [6.07, 6.45) is 1.08. The monoisotopic (exact) mass is 385 g/mol. The fourth-order valence-electron chi connectivity index (χ4n) is 3.03. The van der Waals surface area contributed by atoms with Gasteiger partial charge in [-0.3, -0.25) is 9.48 Å². The van der Waals surface area contributed by atoms with E-state index in [1.54, 1.807) is 4.68 Å². The van der Waals surface area contributed by atoms with Crippen LogP contribution in [-0.4, -0.2) is 31.0 Å². The first-order valence-corrected chi connectivity index (χ1v) is 10.2. The molecule has 3 aromatic rings. The van der Waals surface area contributed by atoms with E-state index in [4.69, 9.17) is 4.98 Å². The molecule has 0 aliphatic carbocycles. The molecule has 0 aliphatic heterocycles. The summed E-state index contributed by atoms with van der Waals surface area (Å²) in [5, 5.41) is 8.23. The molecule has 0 spiro atoms. The number of imidazole rings is 1. The molecule has 1 aromatic carbocycles. The van der Waals surface area contributed by atoms with Gasteiger partial charge in [0.25, 0.3) is 0 Å². The van der Waals surface area contributed by atoms with Crippen LogP contribution in [0, 0.1) is 19.8 Å². The molecule has 0 saturated carbocycles. The lowest BCUT2D eigenvalue weighted by Crippen LogP contribution is -2.16. The summed E-state index contributed by atoms with van der Waals surface area (Å²) in [5.74, 6) is 0.893. The standard InChI is InChI=1S/C20H27N5OS/c1-13(2)10-11-25-17-9-7-6-8-16(17)21-20(25)27-12-18(26)22-19-14(3)23-24(5)15(19)4/h6-9,13H,10-12H2,1-5H3,(H,22,26). The van der Waals surface area contributed by atoms with E-state index in [0.717, 1.165) is 46.2 Å². The molecule has 6 nitrogen and oxygen atoms in total. The number of benzene rings is 1. The largest absolute Gasteiger partial charge is 0.322 e. The van der Waals surface area contributed by atoms with Crippen LogP contribution < -0.4 is 5.32 Å². The normalized spacial score (nSPS) is 11.5. The molecule has 0 fully saturated rings. The lowest BCUT2D eigenvalue weighted by atomic mass is 10.1. The van der Waals surface area contributed by atoms with Crippen LogP contribution in [0.15, 0.2) is 29.4 Å². The highest BCUT2D eigenvalue weighted by Gasteiger charge is 2.16. The molecule has 0 atom stereocenters. The lowest BCUT2D eigenvalue weighted by molar-refractivity contribution is -0.113. The third-order valence-corrected chi connectivity index (χ3v) is 5.63. The number of hydrogen-bond acceptors (Lipinski definition) is 4. The Morgan fingerprint density at radius 1 is 1.26 bits per heavy atom. The van der Waals surface area contributed by atoms with Gasteiger partial charge in [-0.25, -0.2) is 4.98 Å². The highest BCUT2D eigenvalue weighted by atomic mass is 32.2. The first-order chi connectivity index (χ1) is 12.9. The van der Waals surface area contributed by atoms with Crippen LogP contribution in [0.25, 0.3) is 11.0 Å². The molecule has 1 amide bonds. The number of nitrogens with zero attached hydrogens (tertiary/aromatic N) is 4.